The van der Waals surface area contributed by atoms with Crippen molar-refractivity contribution >= 4 is 22.5 Å². The topological polar surface area (TPSA) is 43.4 Å². The first-order valence-electron chi connectivity index (χ1n) is 8.70. The third kappa shape index (κ3) is 3.08. The summed E-state index contributed by atoms with van der Waals surface area (Å²) < 4.78 is 5.07. The van der Waals surface area contributed by atoms with Crippen LogP contribution in [0.1, 0.15) is 43.7 Å². The van der Waals surface area contributed by atoms with Crippen LogP contribution < -0.4 is 0 Å². The van der Waals surface area contributed by atoms with Crippen LogP contribution in [-0.2, 0) is 14.3 Å². The predicted octanol–water partition coefficient (Wildman–Crippen LogP) is 4.41. The molecular formula is C21H24O3. The van der Waals surface area contributed by atoms with Crippen LogP contribution in [0.2, 0.25) is 0 Å². The molecule has 0 spiro atoms. The number of benzene rings is 2. The van der Waals surface area contributed by atoms with Gasteiger partial charge in [0.05, 0.1) is 6.61 Å². The molecular weight excluding hydrogens is 300 g/mol. The van der Waals surface area contributed by atoms with Crippen molar-refractivity contribution in [1.82, 2.24) is 0 Å². The summed E-state index contributed by atoms with van der Waals surface area (Å²) in [7, 11) is 0. The first kappa shape index (κ1) is 16.7. The molecule has 2 aromatic carbocycles. The highest BCUT2D eigenvalue weighted by atomic mass is 16.5. The summed E-state index contributed by atoms with van der Waals surface area (Å²) in [5.41, 5.74) is 2.43. The lowest BCUT2D eigenvalue weighted by Crippen LogP contribution is -2.35. The van der Waals surface area contributed by atoms with Gasteiger partial charge >= 0.3 is 5.97 Å². The van der Waals surface area contributed by atoms with Crippen molar-refractivity contribution in [3.8, 4) is 0 Å². The van der Waals surface area contributed by atoms with Crippen LogP contribution >= 0.6 is 0 Å². The second kappa shape index (κ2) is 6.76. The van der Waals surface area contributed by atoms with Gasteiger partial charge in [-0.2, -0.15) is 0 Å². The Kier molecular flexibility index (Phi) is 4.70. The van der Waals surface area contributed by atoms with Crippen molar-refractivity contribution in [3.63, 3.8) is 0 Å². The molecule has 0 amide bonds. The molecule has 3 heteroatoms. The van der Waals surface area contributed by atoms with Crippen LogP contribution in [0.3, 0.4) is 0 Å². The van der Waals surface area contributed by atoms with Gasteiger partial charge in [0.2, 0.25) is 0 Å². The van der Waals surface area contributed by atoms with E-state index in [2.05, 4.69) is 38.1 Å². The molecule has 1 aliphatic rings. The van der Waals surface area contributed by atoms with E-state index in [1.807, 2.05) is 12.1 Å². The maximum Gasteiger partial charge on any atom is 0.316 e. The summed E-state index contributed by atoms with van der Waals surface area (Å²) in [5, 5.41) is 2.42. The smallest absolute Gasteiger partial charge is 0.316 e. The number of carbonyl (C=O) groups is 2. The van der Waals surface area contributed by atoms with Gasteiger partial charge in [-0.1, -0.05) is 48.9 Å². The predicted molar refractivity (Wildman–Crippen MR) is 95.0 cm³/mol. The third-order valence-corrected chi connectivity index (χ3v) is 5.11. The Bertz CT molecular complexity index is 778. The van der Waals surface area contributed by atoms with Gasteiger partial charge in [0, 0.05) is 6.42 Å². The van der Waals surface area contributed by atoms with Crippen molar-refractivity contribution in [2.45, 2.75) is 39.5 Å². The largest absolute Gasteiger partial charge is 0.465 e. The van der Waals surface area contributed by atoms with Crippen LogP contribution in [-0.4, -0.2) is 18.4 Å². The molecule has 3 rings (SSSR count). The summed E-state index contributed by atoms with van der Waals surface area (Å²) in [6.45, 7) is 6.33. The van der Waals surface area contributed by atoms with Gasteiger partial charge in [-0.3, -0.25) is 9.59 Å². The van der Waals surface area contributed by atoms with E-state index in [4.69, 9.17) is 4.74 Å². The molecule has 0 radical (unpaired) electrons. The van der Waals surface area contributed by atoms with Gasteiger partial charge < -0.3 is 4.74 Å². The Morgan fingerprint density at radius 3 is 2.75 bits per heavy atom. The summed E-state index contributed by atoms with van der Waals surface area (Å²) in [6, 6.07) is 12.7. The standard InChI is InChI=1S/C21H24O3/c1-4-24-21(23)19-11-14(3)17(12-20(19)22)18-10-13(2)9-15-7-5-6-8-16(15)18/h5-10,14,17,19H,4,11-12H2,1-3H3. The lowest BCUT2D eigenvalue weighted by Gasteiger charge is -2.33. The Morgan fingerprint density at radius 1 is 1.25 bits per heavy atom. The fourth-order valence-electron chi connectivity index (χ4n) is 3.92. The van der Waals surface area contributed by atoms with E-state index in [1.165, 1.54) is 21.9 Å². The lowest BCUT2D eigenvalue weighted by molar-refractivity contribution is -0.153. The highest BCUT2D eigenvalue weighted by Crippen LogP contribution is 2.41. The molecule has 0 aliphatic heterocycles. The molecule has 3 unspecified atom stereocenters. The Balaban J connectivity index is 1.94. The van der Waals surface area contributed by atoms with Crippen LogP contribution in [0.25, 0.3) is 10.8 Å². The number of fused-ring (bicyclic) bond motifs is 1. The number of carbonyl (C=O) groups excluding carboxylic acids is 2. The zero-order valence-electron chi connectivity index (χ0n) is 14.5. The SMILES string of the molecule is CCOC(=O)C1CC(C)C(c2cc(C)cc3ccccc23)CC1=O. The zero-order chi connectivity index (χ0) is 17.3. The molecule has 0 heterocycles. The Morgan fingerprint density at radius 2 is 2.00 bits per heavy atom. The first-order valence-corrected chi connectivity index (χ1v) is 8.70. The average molecular weight is 324 g/mol. The maximum absolute atomic E-state index is 12.6. The maximum atomic E-state index is 12.6. The number of Topliss-reactive ketones (excluding diaryl/α,β-unsaturated/α-hetero) is 1. The molecule has 3 nitrogen and oxygen atoms in total. The van der Waals surface area contributed by atoms with Crippen molar-refractivity contribution in [2.24, 2.45) is 11.8 Å². The minimum Gasteiger partial charge on any atom is -0.465 e. The number of hydrogen-bond donors (Lipinski definition) is 0. The number of ether oxygens (including phenoxy) is 1. The van der Waals surface area contributed by atoms with Crippen LogP contribution in [0, 0.1) is 18.8 Å². The number of hydrogen-bond acceptors (Lipinski definition) is 3. The molecule has 24 heavy (non-hydrogen) atoms. The van der Waals surface area contributed by atoms with Crippen LogP contribution in [0.5, 0.6) is 0 Å². The van der Waals surface area contributed by atoms with E-state index in [-0.39, 0.29) is 23.6 Å². The third-order valence-electron chi connectivity index (χ3n) is 5.11. The van der Waals surface area contributed by atoms with Gasteiger partial charge in [0.1, 0.15) is 11.7 Å². The summed E-state index contributed by atoms with van der Waals surface area (Å²) in [5.74, 6) is -0.508. The van der Waals surface area contributed by atoms with Gasteiger partial charge in [0.15, 0.2) is 0 Å². The molecule has 0 bridgehead atoms. The van der Waals surface area contributed by atoms with Crippen molar-refractivity contribution in [2.75, 3.05) is 6.61 Å². The summed E-state index contributed by atoms with van der Waals surface area (Å²) >= 11 is 0. The molecule has 0 N–H and O–H groups in total. The van der Waals surface area contributed by atoms with E-state index in [1.54, 1.807) is 6.92 Å². The second-order valence-electron chi connectivity index (χ2n) is 6.87. The van der Waals surface area contributed by atoms with Crippen molar-refractivity contribution < 1.29 is 14.3 Å². The van der Waals surface area contributed by atoms with E-state index in [0.29, 0.717) is 19.4 Å². The molecule has 0 aromatic heterocycles. The molecule has 126 valence electrons. The van der Waals surface area contributed by atoms with E-state index in [9.17, 15) is 9.59 Å². The molecule has 2 aromatic rings. The highest BCUT2D eigenvalue weighted by molar-refractivity contribution is 6.00. The monoisotopic (exact) mass is 324 g/mol. The average Bonchev–Trinajstić information content (AvgIpc) is 2.56. The minimum atomic E-state index is -0.590. The second-order valence-corrected chi connectivity index (χ2v) is 6.87. The summed E-state index contributed by atoms with van der Waals surface area (Å²) in [6.07, 6.45) is 0.989. The number of esters is 1. The molecule has 1 aliphatic carbocycles. The zero-order valence-corrected chi connectivity index (χ0v) is 14.5. The molecule has 1 fully saturated rings. The molecule has 0 saturated heterocycles. The lowest BCUT2D eigenvalue weighted by atomic mass is 9.70. The minimum absolute atomic E-state index is 0.0159. The highest BCUT2D eigenvalue weighted by Gasteiger charge is 2.39. The van der Waals surface area contributed by atoms with E-state index < -0.39 is 5.92 Å². The van der Waals surface area contributed by atoms with Gasteiger partial charge in [-0.05, 0) is 48.4 Å². The Hall–Kier alpha value is -2.16. The summed E-state index contributed by atoms with van der Waals surface area (Å²) in [4.78, 5) is 24.6. The van der Waals surface area contributed by atoms with Gasteiger partial charge in [-0.15, -0.1) is 0 Å². The quantitative estimate of drug-likeness (QED) is 0.620. The first-order chi connectivity index (χ1) is 11.5. The number of rotatable bonds is 3. The molecule has 3 atom stereocenters. The van der Waals surface area contributed by atoms with Crippen molar-refractivity contribution in [3.05, 3.63) is 47.5 Å². The fraction of sp³-hybridized carbons (Fsp3) is 0.429. The fourth-order valence-corrected chi connectivity index (χ4v) is 3.92. The van der Waals surface area contributed by atoms with E-state index in [0.717, 1.165) is 0 Å². The van der Waals surface area contributed by atoms with E-state index >= 15 is 0 Å². The number of ketones is 1. The normalized spacial score (nSPS) is 24.1. The van der Waals surface area contributed by atoms with Crippen LogP contribution in [0.15, 0.2) is 36.4 Å². The van der Waals surface area contributed by atoms with Crippen LogP contribution in [0.4, 0.5) is 0 Å². The Labute approximate surface area is 143 Å². The van der Waals surface area contributed by atoms with Gasteiger partial charge in [0.25, 0.3) is 0 Å². The van der Waals surface area contributed by atoms with Crippen molar-refractivity contribution in [1.29, 1.82) is 0 Å². The number of aryl methyl sites for hydroxylation is 1. The van der Waals surface area contributed by atoms with Gasteiger partial charge in [-0.25, -0.2) is 0 Å². The molecule has 1 saturated carbocycles.